The van der Waals surface area contributed by atoms with E-state index in [0.29, 0.717) is 0 Å². The summed E-state index contributed by atoms with van der Waals surface area (Å²) in [5.74, 6) is 1.01. The van der Waals surface area contributed by atoms with Crippen molar-refractivity contribution < 1.29 is 0 Å². The van der Waals surface area contributed by atoms with Crippen LogP contribution in [0.15, 0.2) is 30.6 Å². The van der Waals surface area contributed by atoms with E-state index < -0.39 is 0 Å². The van der Waals surface area contributed by atoms with E-state index >= 15 is 0 Å². The normalized spacial score (nSPS) is 17.8. The number of hydrogen-bond donors (Lipinski definition) is 1. The Morgan fingerprint density at radius 2 is 2.06 bits per heavy atom. The first-order valence-electron chi connectivity index (χ1n) is 6.45. The van der Waals surface area contributed by atoms with E-state index in [2.05, 4.69) is 27.9 Å². The third-order valence-corrected chi connectivity index (χ3v) is 3.58. The molecule has 1 aliphatic rings. The van der Waals surface area contributed by atoms with E-state index in [-0.39, 0.29) is 5.54 Å². The Morgan fingerprint density at radius 1 is 1.28 bits per heavy atom. The van der Waals surface area contributed by atoms with Crippen LogP contribution in [0.25, 0.3) is 10.9 Å². The average Bonchev–Trinajstić information content (AvgIpc) is 2.35. The molecule has 3 rings (SSSR count). The summed E-state index contributed by atoms with van der Waals surface area (Å²) < 4.78 is 0. The van der Waals surface area contributed by atoms with Gasteiger partial charge >= 0.3 is 0 Å². The number of para-hydroxylation sites is 1. The minimum absolute atomic E-state index is 0.0270. The van der Waals surface area contributed by atoms with E-state index in [9.17, 15) is 0 Å². The molecule has 1 aromatic heterocycles. The molecule has 1 aliphatic heterocycles. The first-order chi connectivity index (χ1) is 8.72. The van der Waals surface area contributed by atoms with Crippen LogP contribution >= 0.6 is 0 Å². The molecule has 0 radical (unpaired) electrons. The van der Waals surface area contributed by atoms with E-state index in [4.69, 9.17) is 5.73 Å². The van der Waals surface area contributed by atoms with Crippen molar-refractivity contribution in [2.75, 3.05) is 18.0 Å². The first-order valence-corrected chi connectivity index (χ1v) is 6.45. The molecule has 94 valence electrons. The summed E-state index contributed by atoms with van der Waals surface area (Å²) >= 11 is 0. The predicted octanol–water partition coefficient (Wildman–Crippen LogP) is 1.95. The Balaban J connectivity index is 1.89. The van der Waals surface area contributed by atoms with Crippen molar-refractivity contribution >= 4 is 16.7 Å². The van der Waals surface area contributed by atoms with Gasteiger partial charge in [-0.3, -0.25) is 0 Å². The summed E-state index contributed by atoms with van der Waals surface area (Å²) in [4.78, 5) is 10.9. The van der Waals surface area contributed by atoms with Crippen molar-refractivity contribution in [2.24, 2.45) is 5.73 Å². The summed E-state index contributed by atoms with van der Waals surface area (Å²) in [6, 6.07) is 8.11. The van der Waals surface area contributed by atoms with Crippen LogP contribution in [0, 0.1) is 0 Å². The number of aromatic nitrogens is 2. The number of nitrogens with zero attached hydrogens (tertiary/aromatic N) is 3. The highest BCUT2D eigenvalue weighted by atomic mass is 15.3. The molecule has 2 N–H and O–H groups in total. The van der Waals surface area contributed by atoms with E-state index in [1.165, 1.54) is 0 Å². The van der Waals surface area contributed by atoms with Gasteiger partial charge in [-0.25, -0.2) is 9.97 Å². The zero-order valence-electron chi connectivity index (χ0n) is 10.6. The lowest BCUT2D eigenvalue weighted by Gasteiger charge is -2.48. The second-order valence-electron chi connectivity index (χ2n) is 5.18. The fraction of sp³-hybridized carbons (Fsp3) is 0.429. The van der Waals surface area contributed by atoms with Crippen molar-refractivity contribution in [1.29, 1.82) is 0 Å². The maximum atomic E-state index is 6.30. The van der Waals surface area contributed by atoms with Crippen molar-refractivity contribution in [1.82, 2.24) is 9.97 Å². The number of fused-ring (bicyclic) bond motifs is 1. The molecule has 0 spiro atoms. The molecule has 0 saturated carbocycles. The summed E-state index contributed by atoms with van der Waals surface area (Å²) in [7, 11) is 0. The van der Waals surface area contributed by atoms with Gasteiger partial charge in [-0.15, -0.1) is 0 Å². The fourth-order valence-electron chi connectivity index (χ4n) is 2.76. The van der Waals surface area contributed by atoms with E-state index in [1.54, 1.807) is 6.33 Å². The topological polar surface area (TPSA) is 55.0 Å². The molecule has 0 unspecified atom stereocenters. The highest BCUT2D eigenvalue weighted by molar-refractivity contribution is 5.89. The van der Waals surface area contributed by atoms with Crippen molar-refractivity contribution in [2.45, 2.75) is 25.3 Å². The van der Waals surface area contributed by atoms with Gasteiger partial charge < -0.3 is 10.6 Å². The smallest absolute Gasteiger partial charge is 0.140 e. The summed E-state index contributed by atoms with van der Waals surface area (Å²) in [5.41, 5.74) is 7.27. The average molecular weight is 242 g/mol. The maximum Gasteiger partial charge on any atom is 0.140 e. The highest BCUT2D eigenvalue weighted by Crippen LogP contribution is 2.31. The third-order valence-electron chi connectivity index (χ3n) is 3.58. The van der Waals surface area contributed by atoms with Gasteiger partial charge in [-0.2, -0.15) is 0 Å². The Morgan fingerprint density at radius 3 is 2.83 bits per heavy atom. The van der Waals surface area contributed by atoms with E-state index in [0.717, 1.165) is 42.7 Å². The summed E-state index contributed by atoms with van der Waals surface area (Å²) in [6.07, 6.45) is 3.84. The van der Waals surface area contributed by atoms with Gasteiger partial charge in [-0.1, -0.05) is 25.5 Å². The van der Waals surface area contributed by atoms with E-state index in [1.807, 2.05) is 18.2 Å². The van der Waals surface area contributed by atoms with Crippen LogP contribution in [0.2, 0.25) is 0 Å². The SMILES string of the molecule is CCCC1(N)CN(c2ncnc3ccccc23)C1. The molecule has 0 bridgehead atoms. The lowest BCUT2D eigenvalue weighted by Crippen LogP contribution is -2.67. The minimum Gasteiger partial charge on any atom is -0.352 e. The lowest BCUT2D eigenvalue weighted by atomic mass is 9.86. The monoisotopic (exact) mass is 242 g/mol. The van der Waals surface area contributed by atoms with Gasteiger partial charge in [-0.05, 0) is 18.6 Å². The number of hydrogen-bond acceptors (Lipinski definition) is 4. The number of anilines is 1. The molecule has 0 atom stereocenters. The Kier molecular flexibility index (Phi) is 2.67. The van der Waals surface area contributed by atoms with Crippen molar-refractivity contribution in [3.63, 3.8) is 0 Å². The van der Waals surface area contributed by atoms with Crippen LogP contribution < -0.4 is 10.6 Å². The van der Waals surface area contributed by atoms with Gasteiger partial charge in [0.05, 0.1) is 11.1 Å². The van der Waals surface area contributed by atoms with Crippen molar-refractivity contribution in [3.8, 4) is 0 Å². The van der Waals surface area contributed by atoms with Crippen LogP contribution in [0.1, 0.15) is 19.8 Å². The molecule has 4 nitrogen and oxygen atoms in total. The number of rotatable bonds is 3. The Labute approximate surface area is 107 Å². The van der Waals surface area contributed by atoms with Gasteiger partial charge in [0.1, 0.15) is 12.1 Å². The Hall–Kier alpha value is -1.68. The largest absolute Gasteiger partial charge is 0.352 e. The van der Waals surface area contributed by atoms with Crippen LogP contribution in [0.4, 0.5) is 5.82 Å². The third kappa shape index (κ3) is 1.82. The van der Waals surface area contributed by atoms with Crippen LogP contribution in [0.5, 0.6) is 0 Å². The molecule has 2 heterocycles. The van der Waals surface area contributed by atoms with Gasteiger partial charge in [0.25, 0.3) is 0 Å². The number of nitrogens with two attached hydrogens (primary N) is 1. The summed E-state index contributed by atoms with van der Waals surface area (Å²) in [6.45, 7) is 3.96. The molecule has 2 aromatic rings. The molecule has 18 heavy (non-hydrogen) atoms. The highest BCUT2D eigenvalue weighted by Gasteiger charge is 2.39. The summed E-state index contributed by atoms with van der Waals surface area (Å²) in [5, 5.41) is 1.11. The molecular formula is C14H18N4. The van der Waals surface area contributed by atoms with Crippen molar-refractivity contribution in [3.05, 3.63) is 30.6 Å². The van der Waals surface area contributed by atoms with Gasteiger partial charge in [0.15, 0.2) is 0 Å². The number of benzene rings is 1. The van der Waals surface area contributed by atoms with Crippen LogP contribution in [-0.4, -0.2) is 28.6 Å². The van der Waals surface area contributed by atoms with Gasteiger partial charge in [0.2, 0.25) is 0 Å². The molecule has 0 aliphatic carbocycles. The first kappa shape index (κ1) is 11.4. The standard InChI is InChI=1S/C14H18N4/c1-2-7-14(15)8-18(9-14)13-11-5-3-4-6-12(11)16-10-17-13/h3-6,10H,2,7-9,15H2,1H3. The molecule has 1 fully saturated rings. The molecule has 0 amide bonds. The quantitative estimate of drug-likeness (QED) is 0.893. The molecule has 4 heteroatoms. The second-order valence-corrected chi connectivity index (χ2v) is 5.18. The second kappa shape index (κ2) is 4.21. The Bertz CT molecular complexity index is 555. The zero-order valence-corrected chi connectivity index (χ0v) is 10.6. The molecule has 1 saturated heterocycles. The maximum absolute atomic E-state index is 6.30. The fourth-order valence-corrected chi connectivity index (χ4v) is 2.76. The predicted molar refractivity (Wildman–Crippen MR) is 73.6 cm³/mol. The van der Waals surface area contributed by atoms with Crippen LogP contribution in [-0.2, 0) is 0 Å². The zero-order chi connectivity index (χ0) is 12.6. The molecular weight excluding hydrogens is 224 g/mol. The lowest BCUT2D eigenvalue weighted by molar-refractivity contribution is 0.306. The van der Waals surface area contributed by atoms with Gasteiger partial charge in [0, 0.05) is 18.5 Å². The minimum atomic E-state index is -0.0270. The van der Waals surface area contributed by atoms with Crippen LogP contribution in [0.3, 0.4) is 0 Å². The molecule has 1 aromatic carbocycles.